The van der Waals surface area contributed by atoms with Crippen molar-refractivity contribution in [2.75, 3.05) is 26.2 Å². The lowest BCUT2D eigenvalue weighted by atomic mass is 10.1. The van der Waals surface area contributed by atoms with Gasteiger partial charge in [-0.15, -0.1) is 0 Å². The summed E-state index contributed by atoms with van der Waals surface area (Å²) in [6.45, 7) is 4.92. The molecule has 1 saturated heterocycles. The Hall–Kier alpha value is -0.870. The van der Waals surface area contributed by atoms with Crippen LogP contribution >= 0.6 is 0 Å². The molecule has 1 aliphatic heterocycles. The van der Waals surface area contributed by atoms with Crippen molar-refractivity contribution in [3.8, 4) is 0 Å². The minimum Gasteiger partial charge on any atom is -0.316 e. The molecule has 0 radical (unpaired) electrons. The maximum Gasteiger partial charge on any atom is 0.0522 e. The van der Waals surface area contributed by atoms with Crippen LogP contribution in [-0.2, 0) is 13.5 Å². The third kappa shape index (κ3) is 3.12. The number of nitrogens with one attached hydrogen (secondary N) is 1. The Balaban J connectivity index is 1.30. The van der Waals surface area contributed by atoms with Crippen molar-refractivity contribution < 1.29 is 0 Å². The van der Waals surface area contributed by atoms with Crippen LogP contribution in [0, 0.1) is 5.92 Å². The first-order chi connectivity index (χ1) is 8.81. The quantitative estimate of drug-likeness (QED) is 0.764. The van der Waals surface area contributed by atoms with Gasteiger partial charge in [-0.05, 0) is 56.8 Å². The van der Waals surface area contributed by atoms with E-state index in [0.717, 1.165) is 24.9 Å². The lowest BCUT2D eigenvalue weighted by Crippen LogP contribution is -2.28. The van der Waals surface area contributed by atoms with Gasteiger partial charge in [0.05, 0.1) is 6.20 Å². The zero-order chi connectivity index (χ0) is 12.4. The molecule has 0 aromatic carbocycles. The summed E-state index contributed by atoms with van der Waals surface area (Å²) < 4.78 is 1.87. The Labute approximate surface area is 109 Å². The number of likely N-dealkylation sites (tertiary alicyclic amines) is 1. The van der Waals surface area contributed by atoms with E-state index in [9.17, 15) is 0 Å². The summed E-state index contributed by atoms with van der Waals surface area (Å²) in [4.78, 5) is 2.69. The first-order valence-corrected chi connectivity index (χ1v) is 7.23. The van der Waals surface area contributed by atoms with Gasteiger partial charge in [0.15, 0.2) is 0 Å². The van der Waals surface area contributed by atoms with E-state index in [-0.39, 0.29) is 0 Å². The molecule has 0 bridgehead atoms. The molecule has 2 fully saturated rings. The summed E-state index contributed by atoms with van der Waals surface area (Å²) in [7, 11) is 1.97. The Morgan fingerprint density at radius 2 is 2.28 bits per heavy atom. The zero-order valence-electron chi connectivity index (χ0n) is 11.3. The molecule has 2 aliphatic rings. The van der Waals surface area contributed by atoms with Gasteiger partial charge in [0.1, 0.15) is 0 Å². The van der Waals surface area contributed by atoms with Crippen LogP contribution in [0.2, 0.25) is 0 Å². The average Bonchev–Trinajstić information content (AvgIpc) is 2.97. The SMILES string of the molecule is Cn1cc(CCNCC2CCN(C3CC3)C2)cn1. The van der Waals surface area contributed by atoms with Crippen LogP contribution in [0.1, 0.15) is 24.8 Å². The lowest BCUT2D eigenvalue weighted by Gasteiger charge is -2.15. The van der Waals surface area contributed by atoms with Gasteiger partial charge in [0.2, 0.25) is 0 Å². The summed E-state index contributed by atoms with van der Waals surface area (Å²) in [6, 6.07) is 0.949. The predicted molar refractivity (Wildman–Crippen MR) is 72.5 cm³/mol. The van der Waals surface area contributed by atoms with E-state index >= 15 is 0 Å². The fraction of sp³-hybridized carbons (Fsp3) is 0.786. The maximum atomic E-state index is 4.19. The van der Waals surface area contributed by atoms with Crippen molar-refractivity contribution in [2.45, 2.75) is 31.7 Å². The number of hydrogen-bond donors (Lipinski definition) is 1. The summed E-state index contributed by atoms with van der Waals surface area (Å²) >= 11 is 0. The van der Waals surface area contributed by atoms with Gasteiger partial charge in [-0.25, -0.2) is 0 Å². The lowest BCUT2D eigenvalue weighted by molar-refractivity contribution is 0.312. The topological polar surface area (TPSA) is 33.1 Å². The molecule has 100 valence electrons. The normalized spacial score (nSPS) is 24.8. The number of aryl methyl sites for hydroxylation is 1. The molecule has 0 spiro atoms. The summed E-state index contributed by atoms with van der Waals surface area (Å²) in [5.41, 5.74) is 1.33. The largest absolute Gasteiger partial charge is 0.316 e. The summed E-state index contributed by atoms with van der Waals surface area (Å²) in [6.07, 6.45) is 9.43. The van der Waals surface area contributed by atoms with Gasteiger partial charge in [0, 0.05) is 25.8 Å². The highest BCUT2D eigenvalue weighted by atomic mass is 15.2. The smallest absolute Gasteiger partial charge is 0.0522 e. The second kappa shape index (κ2) is 5.41. The third-order valence-electron chi connectivity index (χ3n) is 4.16. The number of nitrogens with zero attached hydrogens (tertiary/aromatic N) is 3. The van der Waals surface area contributed by atoms with Gasteiger partial charge in [0.25, 0.3) is 0 Å². The van der Waals surface area contributed by atoms with Gasteiger partial charge < -0.3 is 10.2 Å². The number of aromatic nitrogens is 2. The van der Waals surface area contributed by atoms with Gasteiger partial charge in [-0.3, -0.25) is 4.68 Å². The predicted octanol–water partition coefficient (Wildman–Crippen LogP) is 1.04. The Morgan fingerprint density at radius 1 is 1.39 bits per heavy atom. The Bertz CT molecular complexity index is 383. The first kappa shape index (κ1) is 12.2. The maximum absolute atomic E-state index is 4.19. The molecule has 1 aliphatic carbocycles. The highest BCUT2D eigenvalue weighted by molar-refractivity contribution is 5.03. The fourth-order valence-electron chi connectivity index (χ4n) is 2.94. The van der Waals surface area contributed by atoms with E-state index in [0.29, 0.717) is 0 Å². The van der Waals surface area contributed by atoms with E-state index < -0.39 is 0 Å². The standard InChI is InChI=1S/C14H24N4/c1-17-10-12(9-16-17)4-6-15-8-13-5-7-18(11-13)14-2-3-14/h9-10,13-15H,2-8,11H2,1H3. The molecular formula is C14H24N4. The molecule has 1 N–H and O–H groups in total. The average molecular weight is 248 g/mol. The van der Waals surface area contributed by atoms with E-state index in [2.05, 4.69) is 21.5 Å². The van der Waals surface area contributed by atoms with E-state index in [1.54, 1.807) is 0 Å². The van der Waals surface area contributed by atoms with E-state index in [1.165, 1.54) is 44.5 Å². The van der Waals surface area contributed by atoms with Crippen molar-refractivity contribution in [2.24, 2.45) is 13.0 Å². The van der Waals surface area contributed by atoms with Crippen LogP contribution in [0.5, 0.6) is 0 Å². The monoisotopic (exact) mass is 248 g/mol. The Morgan fingerprint density at radius 3 is 3.00 bits per heavy atom. The second-order valence-corrected chi connectivity index (χ2v) is 5.86. The van der Waals surface area contributed by atoms with E-state index in [4.69, 9.17) is 0 Å². The molecule has 1 atom stereocenters. The van der Waals surface area contributed by atoms with Crippen LogP contribution in [-0.4, -0.2) is 46.9 Å². The van der Waals surface area contributed by atoms with Gasteiger partial charge >= 0.3 is 0 Å². The minimum atomic E-state index is 0.875. The molecule has 4 nitrogen and oxygen atoms in total. The Kier molecular flexibility index (Phi) is 3.66. The van der Waals surface area contributed by atoms with Crippen LogP contribution in [0.3, 0.4) is 0 Å². The molecular weight excluding hydrogens is 224 g/mol. The fourth-order valence-corrected chi connectivity index (χ4v) is 2.94. The molecule has 1 aromatic rings. The van der Waals surface area contributed by atoms with Crippen LogP contribution < -0.4 is 5.32 Å². The number of rotatable bonds is 6. The minimum absolute atomic E-state index is 0.875. The highest BCUT2D eigenvalue weighted by Gasteiger charge is 2.33. The molecule has 18 heavy (non-hydrogen) atoms. The third-order valence-corrected chi connectivity index (χ3v) is 4.16. The van der Waals surface area contributed by atoms with Gasteiger partial charge in [-0.1, -0.05) is 0 Å². The second-order valence-electron chi connectivity index (χ2n) is 5.86. The summed E-state index contributed by atoms with van der Waals surface area (Å²) in [5.74, 6) is 0.875. The van der Waals surface area contributed by atoms with Crippen molar-refractivity contribution in [3.63, 3.8) is 0 Å². The van der Waals surface area contributed by atoms with Crippen LogP contribution in [0.15, 0.2) is 12.4 Å². The van der Waals surface area contributed by atoms with Crippen molar-refractivity contribution >= 4 is 0 Å². The van der Waals surface area contributed by atoms with Crippen LogP contribution in [0.4, 0.5) is 0 Å². The van der Waals surface area contributed by atoms with Crippen LogP contribution in [0.25, 0.3) is 0 Å². The molecule has 1 saturated carbocycles. The van der Waals surface area contributed by atoms with E-state index in [1.807, 2.05) is 17.9 Å². The number of hydrogen-bond acceptors (Lipinski definition) is 3. The molecule has 0 amide bonds. The zero-order valence-corrected chi connectivity index (χ0v) is 11.3. The molecule has 1 aromatic heterocycles. The van der Waals surface area contributed by atoms with Gasteiger partial charge in [-0.2, -0.15) is 5.10 Å². The molecule has 1 unspecified atom stereocenters. The summed E-state index contributed by atoms with van der Waals surface area (Å²) in [5, 5.41) is 7.79. The molecule has 2 heterocycles. The van der Waals surface area contributed by atoms with Crippen molar-refractivity contribution in [1.82, 2.24) is 20.0 Å². The van der Waals surface area contributed by atoms with Crippen molar-refractivity contribution in [3.05, 3.63) is 18.0 Å². The first-order valence-electron chi connectivity index (χ1n) is 7.23. The highest BCUT2D eigenvalue weighted by Crippen LogP contribution is 2.31. The molecule has 4 heteroatoms. The van der Waals surface area contributed by atoms with Crippen molar-refractivity contribution in [1.29, 1.82) is 0 Å². The molecule has 3 rings (SSSR count).